The van der Waals surface area contributed by atoms with Gasteiger partial charge in [-0.15, -0.1) is 0 Å². The van der Waals surface area contributed by atoms with E-state index in [4.69, 9.17) is 0 Å². The fourth-order valence-electron chi connectivity index (χ4n) is 4.66. The third kappa shape index (κ3) is 2.91. The Bertz CT molecular complexity index is 1130. The number of rotatable bonds is 3. The van der Waals surface area contributed by atoms with Crippen LogP contribution in [-0.4, -0.2) is 5.78 Å². The molecule has 1 heterocycles. The number of benzene rings is 3. The highest BCUT2D eigenvalue weighted by Gasteiger charge is 2.36. The van der Waals surface area contributed by atoms with E-state index in [1.54, 1.807) is 0 Å². The Morgan fingerprint density at radius 3 is 1.97 bits per heavy atom. The minimum absolute atomic E-state index is 0.0701. The van der Waals surface area contributed by atoms with Gasteiger partial charge in [0.2, 0.25) is 0 Å². The lowest BCUT2D eigenvalue weighted by molar-refractivity contribution is 0.103. The van der Waals surface area contributed by atoms with E-state index in [-0.39, 0.29) is 11.2 Å². The molecule has 2 nitrogen and oxygen atoms in total. The number of Topliss-reactive ketones (excluding diaryl/α,β-unsaturated/α-hetero) is 1. The molecule has 0 amide bonds. The molecular weight excluding hydrogens is 366 g/mol. The number of carbonyl (C=O) groups is 1. The number of fused-ring (bicyclic) bond motifs is 2. The monoisotopic (exact) mass is 391 g/mol. The molecule has 0 saturated heterocycles. The van der Waals surface area contributed by atoms with E-state index in [0.29, 0.717) is 0 Å². The minimum atomic E-state index is -0.0701. The van der Waals surface area contributed by atoms with Gasteiger partial charge < -0.3 is 4.90 Å². The number of para-hydroxylation sites is 2. The van der Waals surface area contributed by atoms with Gasteiger partial charge in [0.15, 0.2) is 5.78 Å². The normalized spacial score (nSPS) is 16.5. The molecule has 0 unspecified atom stereocenters. The fraction of sp³-hybridized carbons (Fsp3) is 0.179. The summed E-state index contributed by atoms with van der Waals surface area (Å²) in [6.45, 7) is 4.57. The molecule has 0 radical (unpaired) electrons. The van der Waals surface area contributed by atoms with Gasteiger partial charge in [-0.05, 0) is 60.4 Å². The van der Waals surface area contributed by atoms with Crippen molar-refractivity contribution in [1.29, 1.82) is 0 Å². The summed E-state index contributed by atoms with van der Waals surface area (Å²) in [6.07, 6.45) is 8.01. The summed E-state index contributed by atoms with van der Waals surface area (Å²) in [6, 6.07) is 25.2. The standard InChI is InChI=1S/C28H25NO/c1-28(2)23-12-6-8-14-25(23)29(26-15-9-7-13-24(26)28)22-18-16-21(17-19-22)27(30)20-10-4-3-5-11-20/h4,6-19H,3,5H2,1-2H3. The molecule has 2 aliphatic rings. The van der Waals surface area contributed by atoms with Crippen LogP contribution in [0.3, 0.4) is 0 Å². The Morgan fingerprint density at radius 2 is 1.40 bits per heavy atom. The first kappa shape index (κ1) is 18.6. The lowest BCUT2D eigenvalue weighted by Crippen LogP contribution is -2.30. The molecule has 0 fully saturated rings. The second-order valence-electron chi connectivity index (χ2n) is 8.51. The van der Waals surface area contributed by atoms with Gasteiger partial charge in [-0.3, -0.25) is 4.79 Å². The zero-order chi connectivity index (χ0) is 20.7. The molecule has 0 spiro atoms. The summed E-state index contributed by atoms with van der Waals surface area (Å²) >= 11 is 0. The number of carbonyl (C=O) groups excluding carboxylic acids is 1. The highest BCUT2D eigenvalue weighted by atomic mass is 16.1. The molecule has 1 aliphatic heterocycles. The zero-order valence-electron chi connectivity index (χ0n) is 17.4. The minimum Gasteiger partial charge on any atom is -0.310 e. The van der Waals surface area contributed by atoms with Crippen LogP contribution >= 0.6 is 0 Å². The molecule has 0 bridgehead atoms. The molecule has 3 aromatic carbocycles. The van der Waals surface area contributed by atoms with Gasteiger partial charge in [0.25, 0.3) is 0 Å². The van der Waals surface area contributed by atoms with Crippen molar-refractivity contribution in [2.45, 2.75) is 32.1 Å². The van der Waals surface area contributed by atoms with E-state index in [1.165, 1.54) is 22.5 Å². The molecule has 0 atom stereocenters. The van der Waals surface area contributed by atoms with Crippen LogP contribution in [0.5, 0.6) is 0 Å². The predicted molar refractivity (Wildman–Crippen MR) is 124 cm³/mol. The maximum absolute atomic E-state index is 12.8. The SMILES string of the molecule is CC1(C)c2ccccc2N(c2ccc(C(=O)C3=CCCC=C3)cc2)c2ccccc21. The van der Waals surface area contributed by atoms with Crippen molar-refractivity contribution in [1.82, 2.24) is 0 Å². The summed E-state index contributed by atoms with van der Waals surface area (Å²) in [5.74, 6) is 0.0954. The molecule has 0 saturated carbocycles. The summed E-state index contributed by atoms with van der Waals surface area (Å²) in [5, 5.41) is 0. The van der Waals surface area contributed by atoms with E-state index in [1.807, 2.05) is 24.3 Å². The van der Waals surface area contributed by atoms with Crippen LogP contribution in [0, 0.1) is 0 Å². The maximum atomic E-state index is 12.8. The molecule has 30 heavy (non-hydrogen) atoms. The maximum Gasteiger partial charge on any atom is 0.192 e. The average molecular weight is 392 g/mol. The van der Waals surface area contributed by atoms with Crippen LogP contribution in [-0.2, 0) is 5.41 Å². The highest BCUT2D eigenvalue weighted by Crippen LogP contribution is 2.51. The summed E-state index contributed by atoms with van der Waals surface area (Å²) < 4.78 is 0. The van der Waals surface area contributed by atoms with Gasteiger partial charge in [0.1, 0.15) is 0 Å². The number of hydrogen-bond donors (Lipinski definition) is 0. The van der Waals surface area contributed by atoms with Crippen molar-refractivity contribution in [3.8, 4) is 0 Å². The van der Waals surface area contributed by atoms with Crippen molar-refractivity contribution in [3.63, 3.8) is 0 Å². The zero-order valence-corrected chi connectivity index (χ0v) is 17.4. The molecule has 1 aliphatic carbocycles. The topological polar surface area (TPSA) is 20.3 Å². The Morgan fingerprint density at radius 1 is 0.800 bits per heavy atom. The molecule has 3 aromatic rings. The number of anilines is 3. The summed E-state index contributed by atoms with van der Waals surface area (Å²) in [5.41, 5.74) is 7.52. The number of ketones is 1. The number of allylic oxidation sites excluding steroid dienone is 4. The van der Waals surface area contributed by atoms with E-state index < -0.39 is 0 Å². The van der Waals surface area contributed by atoms with Gasteiger partial charge in [-0.2, -0.15) is 0 Å². The van der Waals surface area contributed by atoms with Crippen molar-refractivity contribution >= 4 is 22.8 Å². The molecule has 5 rings (SSSR count). The van der Waals surface area contributed by atoms with Crippen LogP contribution in [0.15, 0.2) is 96.6 Å². The first-order chi connectivity index (χ1) is 14.6. The smallest absolute Gasteiger partial charge is 0.192 e. The summed E-state index contributed by atoms with van der Waals surface area (Å²) in [7, 11) is 0. The summed E-state index contributed by atoms with van der Waals surface area (Å²) in [4.78, 5) is 15.1. The molecule has 0 aromatic heterocycles. The third-order valence-corrected chi connectivity index (χ3v) is 6.28. The van der Waals surface area contributed by atoms with Crippen molar-refractivity contribution in [3.05, 3.63) is 113 Å². The lowest BCUT2D eigenvalue weighted by Gasteiger charge is -2.42. The Hall–Kier alpha value is -3.39. The second kappa shape index (κ2) is 7.14. The van der Waals surface area contributed by atoms with Crippen LogP contribution < -0.4 is 4.90 Å². The van der Waals surface area contributed by atoms with Crippen molar-refractivity contribution in [2.75, 3.05) is 4.90 Å². The quantitative estimate of drug-likeness (QED) is 0.438. The van der Waals surface area contributed by atoms with E-state index in [0.717, 1.165) is 29.7 Å². The second-order valence-corrected chi connectivity index (χ2v) is 8.51. The van der Waals surface area contributed by atoms with Gasteiger partial charge in [0, 0.05) is 22.2 Å². The molecule has 0 N–H and O–H groups in total. The van der Waals surface area contributed by atoms with E-state index in [2.05, 4.69) is 85.5 Å². The Balaban J connectivity index is 1.59. The number of nitrogens with zero attached hydrogens (tertiary/aromatic N) is 1. The molecule has 2 heteroatoms. The van der Waals surface area contributed by atoms with Gasteiger partial charge in [-0.1, -0.05) is 68.5 Å². The largest absolute Gasteiger partial charge is 0.310 e. The van der Waals surface area contributed by atoms with Crippen LogP contribution in [0.4, 0.5) is 17.1 Å². The van der Waals surface area contributed by atoms with Crippen LogP contribution in [0.25, 0.3) is 0 Å². The van der Waals surface area contributed by atoms with E-state index in [9.17, 15) is 4.79 Å². The Kier molecular flexibility index (Phi) is 4.43. The third-order valence-electron chi connectivity index (χ3n) is 6.28. The van der Waals surface area contributed by atoms with Crippen LogP contribution in [0.2, 0.25) is 0 Å². The first-order valence-corrected chi connectivity index (χ1v) is 10.6. The lowest BCUT2D eigenvalue weighted by atomic mass is 9.73. The highest BCUT2D eigenvalue weighted by molar-refractivity contribution is 6.10. The Labute approximate surface area is 178 Å². The van der Waals surface area contributed by atoms with Gasteiger partial charge in [-0.25, -0.2) is 0 Å². The number of hydrogen-bond acceptors (Lipinski definition) is 2. The van der Waals surface area contributed by atoms with Crippen LogP contribution in [0.1, 0.15) is 48.2 Å². The average Bonchev–Trinajstić information content (AvgIpc) is 2.80. The van der Waals surface area contributed by atoms with Crippen molar-refractivity contribution < 1.29 is 4.79 Å². The predicted octanol–water partition coefficient (Wildman–Crippen LogP) is 7.25. The van der Waals surface area contributed by atoms with Crippen molar-refractivity contribution in [2.24, 2.45) is 0 Å². The van der Waals surface area contributed by atoms with Gasteiger partial charge in [0.05, 0.1) is 11.4 Å². The van der Waals surface area contributed by atoms with E-state index >= 15 is 0 Å². The molecular formula is C28H25NO. The fourth-order valence-corrected chi connectivity index (χ4v) is 4.66. The molecule has 148 valence electrons. The first-order valence-electron chi connectivity index (χ1n) is 10.6. The van der Waals surface area contributed by atoms with Gasteiger partial charge >= 0.3 is 0 Å².